The Morgan fingerprint density at radius 3 is 2.77 bits per heavy atom. The topological polar surface area (TPSA) is 63.7 Å². The number of pyridine rings is 1. The van der Waals surface area contributed by atoms with Crippen LogP contribution in [-0.2, 0) is 0 Å². The molecule has 4 rings (SSSR count). The minimum atomic E-state index is -0.369. The number of hydrogen-bond donors (Lipinski definition) is 1. The molecule has 0 amide bonds. The summed E-state index contributed by atoms with van der Waals surface area (Å²) in [5.74, 6) is 0.120. The van der Waals surface area contributed by atoms with E-state index in [-0.39, 0.29) is 11.9 Å². The molecule has 6 heteroatoms. The molecule has 0 saturated heterocycles. The number of nitrogens with one attached hydrogen (secondary N) is 1. The van der Waals surface area contributed by atoms with Gasteiger partial charge in [0.25, 0.3) is 0 Å². The molecule has 3 aromatic heterocycles. The maximum absolute atomic E-state index is 14.8. The number of hydrogen-bond acceptors (Lipinski definition) is 4. The average Bonchev–Trinajstić information content (AvgIpc) is 3.09. The van der Waals surface area contributed by atoms with Crippen LogP contribution < -0.4 is 4.74 Å². The quantitative estimate of drug-likeness (QED) is 0.585. The van der Waals surface area contributed by atoms with Gasteiger partial charge in [-0.05, 0) is 49.7 Å². The van der Waals surface area contributed by atoms with E-state index in [4.69, 9.17) is 4.74 Å². The van der Waals surface area contributed by atoms with Gasteiger partial charge < -0.3 is 9.72 Å². The first-order valence-corrected chi connectivity index (χ1v) is 8.34. The molecule has 1 aromatic carbocycles. The van der Waals surface area contributed by atoms with Crippen LogP contribution in [0.1, 0.15) is 13.8 Å². The van der Waals surface area contributed by atoms with E-state index in [9.17, 15) is 4.39 Å². The van der Waals surface area contributed by atoms with E-state index in [1.165, 1.54) is 6.07 Å². The number of rotatable bonds is 4. The van der Waals surface area contributed by atoms with E-state index in [1.807, 2.05) is 32.0 Å². The molecule has 1 N–H and O–H groups in total. The Bertz CT molecular complexity index is 1070. The molecule has 0 radical (unpaired) electrons. The minimum Gasteiger partial charge on any atom is -0.475 e. The number of nitrogens with zero attached hydrogens (tertiary/aromatic N) is 3. The van der Waals surface area contributed by atoms with Gasteiger partial charge in [0.15, 0.2) is 5.65 Å². The number of aromatic amines is 1. The van der Waals surface area contributed by atoms with Gasteiger partial charge >= 0.3 is 0 Å². The SMILES string of the molecule is CC(C)Oc1ncccc1-c1ccc(-c2cnc3[nH]ccc3n2)c(F)c1. The molecule has 130 valence electrons. The van der Waals surface area contributed by atoms with Crippen molar-refractivity contribution in [3.63, 3.8) is 0 Å². The predicted molar refractivity (Wildman–Crippen MR) is 98.3 cm³/mol. The summed E-state index contributed by atoms with van der Waals surface area (Å²) in [6.07, 6.45) is 4.96. The molecule has 26 heavy (non-hydrogen) atoms. The van der Waals surface area contributed by atoms with Gasteiger partial charge in [-0.25, -0.2) is 19.3 Å². The van der Waals surface area contributed by atoms with Crippen molar-refractivity contribution in [2.24, 2.45) is 0 Å². The smallest absolute Gasteiger partial charge is 0.221 e. The highest BCUT2D eigenvalue weighted by molar-refractivity contribution is 5.76. The molecular formula is C20H17FN4O. The van der Waals surface area contributed by atoms with E-state index < -0.39 is 0 Å². The highest BCUT2D eigenvalue weighted by atomic mass is 19.1. The number of ether oxygens (including phenoxy) is 1. The van der Waals surface area contributed by atoms with Crippen LogP contribution in [0.2, 0.25) is 0 Å². The van der Waals surface area contributed by atoms with Crippen LogP contribution in [0.25, 0.3) is 33.5 Å². The van der Waals surface area contributed by atoms with Gasteiger partial charge in [0.2, 0.25) is 5.88 Å². The van der Waals surface area contributed by atoms with Gasteiger partial charge in [0.1, 0.15) is 11.3 Å². The highest BCUT2D eigenvalue weighted by Crippen LogP contribution is 2.32. The Labute approximate surface area is 149 Å². The minimum absolute atomic E-state index is 0.0175. The summed E-state index contributed by atoms with van der Waals surface area (Å²) in [5.41, 5.74) is 3.72. The monoisotopic (exact) mass is 348 g/mol. The third-order valence-corrected chi connectivity index (χ3v) is 3.94. The van der Waals surface area contributed by atoms with Gasteiger partial charge in [-0.2, -0.15) is 0 Å². The maximum atomic E-state index is 14.8. The summed E-state index contributed by atoms with van der Waals surface area (Å²) in [7, 11) is 0. The lowest BCUT2D eigenvalue weighted by Crippen LogP contribution is -2.07. The van der Waals surface area contributed by atoms with Crippen molar-refractivity contribution in [1.82, 2.24) is 19.9 Å². The van der Waals surface area contributed by atoms with Crippen LogP contribution in [-0.4, -0.2) is 26.0 Å². The van der Waals surface area contributed by atoms with Crippen LogP contribution in [0.4, 0.5) is 4.39 Å². The molecule has 0 atom stereocenters. The van der Waals surface area contributed by atoms with Gasteiger partial charge in [0, 0.05) is 23.5 Å². The summed E-state index contributed by atoms with van der Waals surface area (Å²) in [5, 5.41) is 0. The zero-order chi connectivity index (χ0) is 18.1. The van der Waals surface area contributed by atoms with Crippen molar-refractivity contribution >= 4 is 11.2 Å². The Balaban J connectivity index is 1.75. The highest BCUT2D eigenvalue weighted by Gasteiger charge is 2.14. The fourth-order valence-corrected chi connectivity index (χ4v) is 2.78. The number of benzene rings is 1. The van der Waals surface area contributed by atoms with Crippen LogP contribution >= 0.6 is 0 Å². The first-order valence-electron chi connectivity index (χ1n) is 8.34. The Kier molecular flexibility index (Phi) is 4.08. The van der Waals surface area contributed by atoms with Crippen molar-refractivity contribution < 1.29 is 9.13 Å². The van der Waals surface area contributed by atoms with Gasteiger partial charge in [-0.1, -0.05) is 6.07 Å². The first-order chi connectivity index (χ1) is 12.6. The largest absolute Gasteiger partial charge is 0.475 e. The van der Waals surface area contributed by atoms with Crippen LogP contribution in [0.15, 0.2) is 55.0 Å². The summed E-state index contributed by atoms with van der Waals surface area (Å²) in [4.78, 5) is 16.0. The fourth-order valence-electron chi connectivity index (χ4n) is 2.78. The van der Waals surface area contributed by atoms with Crippen LogP contribution in [0, 0.1) is 5.82 Å². The number of aromatic nitrogens is 4. The average molecular weight is 348 g/mol. The Morgan fingerprint density at radius 2 is 1.96 bits per heavy atom. The lowest BCUT2D eigenvalue weighted by atomic mass is 10.0. The molecule has 0 fully saturated rings. The third-order valence-electron chi connectivity index (χ3n) is 3.94. The Morgan fingerprint density at radius 1 is 1.08 bits per heavy atom. The second-order valence-corrected chi connectivity index (χ2v) is 6.18. The molecule has 0 aliphatic carbocycles. The fraction of sp³-hybridized carbons (Fsp3) is 0.150. The molecule has 4 aromatic rings. The van der Waals surface area contributed by atoms with E-state index in [1.54, 1.807) is 30.7 Å². The zero-order valence-electron chi connectivity index (χ0n) is 14.4. The standard InChI is InChI=1S/C20H17FN4O/c1-12(2)26-20-14(4-3-8-23-20)13-5-6-15(16(21)10-13)18-11-24-19-17(25-18)7-9-22-19/h3-12H,1-2H3,(H,22,24). The van der Waals surface area contributed by atoms with Crippen molar-refractivity contribution in [2.45, 2.75) is 20.0 Å². The Hall–Kier alpha value is -3.28. The van der Waals surface area contributed by atoms with E-state index in [2.05, 4.69) is 19.9 Å². The lowest BCUT2D eigenvalue weighted by molar-refractivity contribution is 0.234. The zero-order valence-corrected chi connectivity index (χ0v) is 14.4. The molecule has 3 heterocycles. The second kappa shape index (κ2) is 6.55. The van der Waals surface area contributed by atoms with Crippen molar-refractivity contribution in [1.29, 1.82) is 0 Å². The number of fused-ring (bicyclic) bond motifs is 1. The number of H-pyrrole nitrogens is 1. The molecule has 0 aliphatic rings. The maximum Gasteiger partial charge on any atom is 0.221 e. The molecule has 0 saturated carbocycles. The molecule has 0 spiro atoms. The van der Waals surface area contributed by atoms with Crippen LogP contribution in [0.5, 0.6) is 5.88 Å². The summed E-state index contributed by atoms with van der Waals surface area (Å²) >= 11 is 0. The summed E-state index contributed by atoms with van der Waals surface area (Å²) in [6.45, 7) is 3.86. The summed E-state index contributed by atoms with van der Waals surface area (Å²) in [6, 6.07) is 10.5. The van der Waals surface area contributed by atoms with E-state index >= 15 is 0 Å². The first kappa shape index (κ1) is 16.2. The van der Waals surface area contributed by atoms with Crippen molar-refractivity contribution in [3.05, 3.63) is 60.8 Å². The van der Waals surface area contributed by atoms with E-state index in [0.29, 0.717) is 33.9 Å². The van der Waals surface area contributed by atoms with Crippen molar-refractivity contribution in [2.75, 3.05) is 0 Å². The lowest BCUT2D eigenvalue weighted by Gasteiger charge is -2.13. The van der Waals surface area contributed by atoms with Gasteiger partial charge in [-0.15, -0.1) is 0 Å². The molecule has 0 unspecified atom stereocenters. The number of halogens is 1. The molecule has 0 bridgehead atoms. The normalized spacial score (nSPS) is 11.2. The van der Waals surface area contributed by atoms with Gasteiger partial charge in [-0.3, -0.25) is 0 Å². The van der Waals surface area contributed by atoms with Crippen LogP contribution in [0.3, 0.4) is 0 Å². The predicted octanol–water partition coefficient (Wildman–Crippen LogP) is 4.61. The molecule has 0 aliphatic heterocycles. The third kappa shape index (κ3) is 3.01. The molecule has 5 nitrogen and oxygen atoms in total. The van der Waals surface area contributed by atoms with Gasteiger partial charge in [0.05, 0.1) is 18.0 Å². The second-order valence-electron chi connectivity index (χ2n) is 6.18. The summed E-state index contributed by atoms with van der Waals surface area (Å²) < 4.78 is 20.5. The van der Waals surface area contributed by atoms with Crippen molar-refractivity contribution in [3.8, 4) is 28.3 Å². The molecular weight excluding hydrogens is 331 g/mol. The van der Waals surface area contributed by atoms with E-state index in [0.717, 1.165) is 5.56 Å².